The molecule has 0 radical (unpaired) electrons. The van der Waals surface area contributed by atoms with Crippen LogP contribution in [0.2, 0.25) is 0 Å². The van der Waals surface area contributed by atoms with Crippen LogP contribution in [0.3, 0.4) is 0 Å². The number of hydrogen-bond acceptors (Lipinski definition) is 5. The molecule has 1 aromatic carbocycles. The zero-order valence-electron chi connectivity index (χ0n) is 11.3. The molecule has 7 nitrogen and oxygen atoms in total. The molecule has 0 spiro atoms. The van der Waals surface area contributed by atoms with Crippen molar-refractivity contribution < 1.29 is 14.3 Å². The van der Waals surface area contributed by atoms with Crippen LogP contribution >= 0.6 is 0 Å². The van der Waals surface area contributed by atoms with Gasteiger partial charge in [-0.3, -0.25) is 10.1 Å². The number of anilines is 1. The highest BCUT2D eigenvalue weighted by molar-refractivity contribution is 6.05. The van der Waals surface area contributed by atoms with Crippen molar-refractivity contribution in [1.82, 2.24) is 15.2 Å². The molecule has 2 N–H and O–H groups in total. The van der Waals surface area contributed by atoms with Gasteiger partial charge in [0, 0.05) is 0 Å². The Morgan fingerprint density at radius 2 is 2.00 bits per heavy atom. The number of para-hydroxylation sites is 1. The third-order valence-electron chi connectivity index (χ3n) is 2.40. The summed E-state index contributed by atoms with van der Waals surface area (Å²) in [5.74, 6) is 0.426. The van der Waals surface area contributed by atoms with Crippen molar-refractivity contribution in [2.75, 3.05) is 18.5 Å². The Balaban J connectivity index is 2.11. The number of aromatic nitrogens is 3. The maximum absolute atomic E-state index is 12.2. The first-order valence-electron chi connectivity index (χ1n) is 6.33. The minimum absolute atomic E-state index is 0.195. The summed E-state index contributed by atoms with van der Waals surface area (Å²) in [6.45, 7) is 4.63. The molecular weight excluding hydrogens is 260 g/mol. The average molecular weight is 276 g/mol. The van der Waals surface area contributed by atoms with Crippen molar-refractivity contribution in [2.45, 2.75) is 13.8 Å². The van der Waals surface area contributed by atoms with Gasteiger partial charge in [-0.25, -0.2) is 5.10 Å². The third-order valence-corrected chi connectivity index (χ3v) is 2.40. The van der Waals surface area contributed by atoms with E-state index < -0.39 is 0 Å². The summed E-state index contributed by atoms with van der Waals surface area (Å²) in [4.78, 5) is 16.1. The molecule has 0 bridgehead atoms. The number of carbonyl (C=O) groups excluding carboxylic acids is 1. The average Bonchev–Trinajstić information content (AvgIpc) is 2.87. The Kier molecular flexibility index (Phi) is 4.54. The van der Waals surface area contributed by atoms with Crippen LogP contribution in [0.4, 0.5) is 5.95 Å². The molecule has 1 amide bonds. The molecule has 20 heavy (non-hydrogen) atoms. The number of aromatic amines is 1. The summed E-state index contributed by atoms with van der Waals surface area (Å²) >= 11 is 0. The molecule has 0 saturated heterocycles. The first-order chi connectivity index (χ1) is 9.74. The highest BCUT2D eigenvalue weighted by atomic mass is 16.5. The Labute approximate surface area is 116 Å². The van der Waals surface area contributed by atoms with Crippen LogP contribution in [0.15, 0.2) is 24.3 Å². The standard InChI is InChI=1S/C13H16N4O3/c1-3-19-10-8-6-5-7-9(10)11(18)14-12-15-13(17-16-12)20-4-2/h5-8H,3-4H2,1-2H3,(H2,14,15,16,17,18). The lowest BCUT2D eigenvalue weighted by molar-refractivity contribution is 0.102. The van der Waals surface area contributed by atoms with Gasteiger partial charge in [-0.15, -0.1) is 5.10 Å². The second-order valence-electron chi connectivity index (χ2n) is 3.78. The number of benzene rings is 1. The van der Waals surface area contributed by atoms with Crippen molar-refractivity contribution in [3.05, 3.63) is 29.8 Å². The maximum Gasteiger partial charge on any atom is 0.337 e. The smallest absolute Gasteiger partial charge is 0.337 e. The van der Waals surface area contributed by atoms with Gasteiger partial charge in [0.15, 0.2) is 0 Å². The van der Waals surface area contributed by atoms with Crippen molar-refractivity contribution in [2.24, 2.45) is 0 Å². The number of nitrogens with one attached hydrogen (secondary N) is 2. The number of amides is 1. The lowest BCUT2D eigenvalue weighted by atomic mass is 10.2. The fourth-order valence-electron chi connectivity index (χ4n) is 1.61. The fourth-order valence-corrected chi connectivity index (χ4v) is 1.61. The van der Waals surface area contributed by atoms with Gasteiger partial charge in [0.05, 0.1) is 18.8 Å². The quantitative estimate of drug-likeness (QED) is 0.840. The third kappa shape index (κ3) is 3.25. The van der Waals surface area contributed by atoms with Gasteiger partial charge in [-0.05, 0) is 26.0 Å². The number of ether oxygens (including phenoxy) is 2. The molecule has 106 valence electrons. The van der Waals surface area contributed by atoms with E-state index in [1.165, 1.54) is 0 Å². The minimum atomic E-state index is -0.326. The Hall–Kier alpha value is -2.57. The Bertz CT molecular complexity index is 583. The molecule has 2 aromatic rings. The van der Waals surface area contributed by atoms with E-state index in [0.29, 0.717) is 24.5 Å². The molecule has 0 atom stereocenters. The van der Waals surface area contributed by atoms with Crippen molar-refractivity contribution >= 4 is 11.9 Å². The van der Waals surface area contributed by atoms with Crippen LogP contribution in [-0.2, 0) is 0 Å². The van der Waals surface area contributed by atoms with Gasteiger partial charge < -0.3 is 9.47 Å². The summed E-state index contributed by atoms with van der Waals surface area (Å²) in [5.41, 5.74) is 0.434. The van der Waals surface area contributed by atoms with E-state index in [4.69, 9.17) is 9.47 Å². The summed E-state index contributed by atoms with van der Waals surface area (Å²) < 4.78 is 10.5. The largest absolute Gasteiger partial charge is 0.493 e. The maximum atomic E-state index is 12.2. The number of hydrogen-bond donors (Lipinski definition) is 2. The van der Waals surface area contributed by atoms with E-state index in [1.807, 2.05) is 19.9 Å². The molecular formula is C13H16N4O3. The Morgan fingerprint density at radius 3 is 2.75 bits per heavy atom. The van der Waals surface area contributed by atoms with Gasteiger partial charge >= 0.3 is 6.01 Å². The van der Waals surface area contributed by atoms with Crippen molar-refractivity contribution in [3.8, 4) is 11.8 Å². The van der Waals surface area contributed by atoms with E-state index in [9.17, 15) is 4.79 Å². The topological polar surface area (TPSA) is 89.1 Å². The van der Waals surface area contributed by atoms with Crippen LogP contribution in [0, 0.1) is 0 Å². The molecule has 0 saturated carbocycles. The predicted molar refractivity (Wildman–Crippen MR) is 73.1 cm³/mol. The molecule has 0 aliphatic rings. The lowest BCUT2D eigenvalue weighted by Crippen LogP contribution is -2.14. The number of H-pyrrole nitrogens is 1. The molecule has 0 fully saturated rings. The van der Waals surface area contributed by atoms with Gasteiger partial charge in [0.25, 0.3) is 5.91 Å². The van der Waals surface area contributed by atoms with Crippen LogP contribution in [0.5, 0.6) is 11.8 Å². The van der Waals surface area contributed by atoms with Crippen LogP contribution < -0.4 is 14.8 Å². The highest BCUT2D eigenvalue weighted by Gasteiger charge is 2.14. The fraction of sp³-hybridized carbons (Fsp3) is 0.308. The summed E-state index contributed by atoms with van der Waals surface area (Å²) in [5, 5.41) is 9.00. The highest BCUT2D eigenvalue weighted by Crippen LogP contribution is 2.19. The lowest BCUT2D eigenvalue weighted by Gasteiger charge is -2.08. The first kappa shape index (κ1) is 13.9. The van der Waals surface area contributed by atoms with E-state index in [2.05, 4.69) is 20.5 Å². The van der Waals surface area contributed by atoms with Crippen LogP contribution in [0.1, 0.15) is 24.2 Å². The summed E-state index contributed by atoms with van der Waals surface area (Å²) in [6, 6.07) is 7.19. The molecule has 7 heteroatoms. The van der Waals surface area contributed by atoms with Crippen LogP contribution in [0.25, 0.3) is 0 Å². The zero-order valence-corrected chi connectivity index (χ0v) is 11.3. The van der Waals surface area contributed by atoms with Gasteiger partial charge in [0.1, 0.15) is 5.75 Å². The van der Waals surface area contributed by atoms with Gasteiger partial charge in [-0.2, -0.15) is 4.98 Å². The second-order valence-corrected chi connectivity index (χ2v) is 3.78. The molecule has 1 aromatic heterocycles. The van der Waals surface area contributed by atoms with Crippen molar-refractivity contribution in [1.29, 1.82) is 0 Å². The van der Waals surface area contributed by atoms with E-state index >= 15 is 0 Å². The molecule has 0 aliphatic heterocycles. The van der Waals surface area contributed by atoms with E-state index in [1.54, 1.807) is 18.2 Å². The van der Waals surface area contributed by atoms with Crippen LogP contribution in [-0.4, -0.2) is 34.3 Å². The van der Waals surface area contributed by atoms with Gasteiger partial charge in [0.2, 0.25) is 5.95 Å². The van der Waals surface area contributed by atoms with E-state index in [0.717, 1.165) is 0 Å². The monoisotopic (exact) mass is 276 g/mol. The number of nitrogens with zero attached hydrogens (tertiary/aromatic N) is 2. The predicted octanol–water partition coefficient (Wildman–Crippen LogP) is 1.85. The van der Waals surface area contributed by atoms with E-state index in [-0.39, 0.29) is 17.9 Å². The molecule has 0 unspecified atom stereocenters. The SMILES string of the molecule is CCOc1n[nH]c(NC(=O)c2ccccc2OCC)n1. The van der Waals surface area contributed by atoms with Crippen molar-refractivity contribution in [3.63, 3.8) is 0 Å². The molecule has 1 heterocycles. The molecule has 0 aliphatic carbocycles. The summed E-state index contributed by atoms with van der Waals surface area (Å²) in [7, 11) is 0. The number of carbonyl (C=O) groups is 1. The Morgan fingerprint density at radius 1 is 1.25 bits per heavy atom. The zero-order chi connectivity index (χ0) is 14.4. The second kappa shape index (κ2) is 6.55. The van der Waals surface area contributed by atoms with Gasteiger partial charge in [-0.1, -0.05) is 12.1 Å². The minimum Gasteiger partial charge on any atom is -0.493 e. The molecule has 2 rings (SSSR count). The first-order valence-corrected chi connectivity index (χ1v) is 6.33. The summed E-state index contributed by atoms with van der Waals surface area (Å²) in [6.07, 6.45) is 0. The normalized spacial score (nSPS) is 10.1. The number of rotatable bonds is 6.